The van der Waals surface area contributed by atoms with Crippen molar-refractivity contribution in [2.24, 2.45) is 0 Å². The van der Waals surface area contributed by atoms with Crippen LogP contribution in [0.2, 0.25) is 0 Å². The summed E-state index contributed by atoms with van der Waals surface area (Å²) in [4.78, 5) is 38.1. The van der Waals surface area contributed by atoms with Gasteiger partial charge in [-0.25, -0.2) is 13.2 Å². The van der Waals surface area contributed by atoms with E-state index in [1.807, 2.05) is 36.4 Å². The van der Waals surface area contributed by atoms with Crippen LogP contribution in [0.25, 0.3) is 0 Å². The number of rotatable bonds is 9. The maximum atomic E-state index is 13.6. The lowest BCUT2D eigenvalue weighted by molar-refractivity contribution is -0.130. The molecule has 0 unspecified atom stereocenters. The summed E-state index contributed by atoms with van der Waals surface area (Å²) in [5, 5.41) is 2.13. The highest BCUT2D eigenvalue weighted by atomic mass is 32.2. The Bertz CT molecular complexity index is 1150. The highest BCUT2D eigenvalue weighted by molar-refractivity contribution is 8.08. The monoisotopic (exact) mass is 524 g/mol. The van der Waals surface area contributed by atoms with Crippen molar-refractivity contribution in [2.75, 3.05) is 6.54 Å². The summed E-state index contributed by atoms with van der Waals surface area (Å²) >= 11 is 0. The smallest absolute Gasteiger partial charge is 0.319 e. The number of ketones is 1. The third kappa shape index (κ3) is 5.95. The molecule has 0 bridgehead atoms. The molecule has 2 aliphatic heterocycles. The van der Waals surface area contributed by atoms with Gasteiger partial charge < -0.3 is 5.32 Å². The first-order valence-electron chi connectivity index (χ1n) is 13.3. The van der Waals surface area contributed by atoms with Gasteiger partial charge in [0.25, 0.3) is 0 Å². The molecule has 0 aromatic heterocycles. The van der Waals surface area contributed by atoms with Gasteiger partial charge in [0.05, 0.1) is 0 Å². The third-order valence-corrected chi connectivity index (χ3v) is 9.96. The number of benzene rings is 2. The summed E-state index contributed by atoms with van der Waals surface area (Å²) in [5.74, 6) is -0.536. The summed E-state index contributed by atoms with van der Waals surface area (Å²) in [6.45, 7) is 0.144. The Hall–Kier alpha value is -3.00. The van der Waals surface area contributed by atoms with Crippen molar-refractivity contribution in [3.8, 4) is 0 Å². The van der Waals surface area contributed by atoms with Crippen LogP contribution >= 0.6 is 0 Å². The predicted molar refractivity (Wildman–Crippen MR) is 143 cm³/mol. The van der Waals surface area contributed by atoms with Gasteiger partial charge in [-0.15, -0.1) is 0 Å². The lowest BCUT2D eigenvalue weighted by Gasteiger charge is -2.46. The van der Waals surface area contributed by atoms with E-state index in [9.17, 15) is 22.8 Å². The molecule has 2 aliphatic rings. The van der Waals surface area contributed by atoms with Crippen LogP contribution < -0.4 is 5.32 Å². The molecule has 2 amide bonds. The zero-order valence-electron chi connectivity index (χ0n) is 21.2. The van der Waals surface area contributed by atoms with E-state index in [0.717, 1.165) is 43.4 Å². The van der Waals surface area contributed by atoms with Crippen molar-refractivity contribution in [1.29, 1.82) is 0 Å². The molecule has 198 valence electrons. The second-order valence-electron chi connectivity index (χ2n) is 10.1. The lowest BCUT2D eigenvalue weighted by atomic mass is 9.94. The van der Waals surface area contributed by atoms with Crippen molar-refractivity contribution in [3.63, 3.8) is 0 Å². The number of aryl methyl sites for hydroxylation is 2. The van der Waals surface area contributed by atoms with Gasteiger partial charge in [0.15, 0.2) is 5.78 Å². The van der Waals surface area contributed by atoms with E-state index in [-0.39, 0.29) is 31.8 Å². The number of urea groups is 1. The molecule has 8 heteroatoms. The van der Waals surface area contributed by atoms with Gasteiger partial charge in [-0.05, 0) is 68.9 Å². The Kier molecular flexibility index (Phi) is 8.79. The number of nitrogens with one attached hydrogen (secondary N) is 1. The van der Waals surface area contributed by atoms with Gasteiger partial charge in [0.2, 0.25) is 19.8 Å². The molecule has 1 spiro atoms. The molecule has 7 nitrogen and oxygen atoms in total. The van der Waals surface area contributed by atoms with Crippen LogP contribution in [-0.4, -0.2) is 47.7 Å². The molecule has 0 radical (unpaired) electrons. The number of hydrogen-bond acceptors (Lipinski definition) is 5. The molecule has 2 fully saturated rings. The van der Waals surface area contributed by atoms with E-state index in [2.05, 4.69) is 29.6 Å². The molecular formula is C29H36N2O5S. The normalized spacial score (nSPS) is 21.4. The predicted octanol–water partition coefficient (Wildman–Crippen LogP) is 4.60. The second kappa shape index (κ2) is 12.0. The Morgan fingerprint density at radius 3 is 2.00 bits per heavy atom. The van der Waals surface area contributed by atoms with E-state index in [4.69, 9.17) is 0 Å². The van der Waals surface area contributed by atoms with Gasteiger partial charge in [0.1, 0.15) is 0 Å². The Balaban J connectivity index is 1.48. The Morgan fingerprint density at radius 1 is 0.865 bits per heavy atom. The maximum Gasteiger partial charge on any atom is 0.319 e. The fourth-order valence-corrected chi connectivity index (χ4v) is 7.63. The summed E-state index contributed by atoms with van der Waals surface area (Å²) in [5.41, 5.74) is 2.45. The average molecular weight is 525 g/mol. The number of Topliss-reactive ketones (excluding diaryl/α,β-unsaturated/α-hetero) is 1. The van der Waals surface area contributed by atoms with Crippen LogP contribution in [0.4, 0.5) is 4.79 Å². The second-order valence-corrected chi connectivity index (χ2v) is 12.2. The van der Waals surface area contributed by atoms with Crippen molar-refractivity contribution in [2.45, 2.75) is 81.5 Å². The summed E-state index contributed by atoms with van der Waals surface area (Å²) in [6.07, 6.45) is 5.56. The third-order valence-electron chi connectivity index (χ3n) is 7.61. The summed E-state index contributed by atoms with van der Waals surface area (Å²) < 4.78 is 26.3. The van der Waals surface area contributed by atoms with Crippen molar-refractivity contribution >= 4 is 26.8 Å². The van der Waals surface area contributed by atoms with E-state index in [0.29, 0.717) is 12.8 Å². The SMILES string of the molecule is O=C(NC(CCCc1ccccc1)CCCc1ccccc1)N1CCCC[C@]12C(=O)CCC(=O)S2(=O)=O. The van der Waals surface area contributed by atoms with Crippen LogP contribution in [0.15, 0.2) is 60.7 Å². The van der Waals surface area contributed by atoms with E-state index in [1.165, 1.54) is 11.1 Å². The minimum atomic E-state index is -4.43. The largest absolute Gasteiger partial charge is 0.335 e. The lowest BCUT2D eigenvalue weighted by Crippen LogP contribution is -2.68. The van der Waals surface area contributed by atoms with Gasteiger partial charge in [-0.3, -0.25) is 14.5 Å². The zero-order valence-corrected chi connectivity index (χ0v) is 22.0. The molecule has 37 heavy (non-hydrogen) atoms. The molecular weight excluding hydrogens is 488 g/mol. The Morgan fingerprint density at radius 2 is 1.43 bits per heavy atom. The number of likely N-dealkylation sites (tertiary alicyclic amines) is 1. The van der Waals surface area contributed by atoms with E-state index in [1.54, 1.807) is 0 Å². The number of amides is 2. The van der Waals surface area contributed by atoms with Crippen molar-refractivity contribution in [1.82, 2.24) is 10.2 Å². The molecule has 2 aromatic carbocycles. The molecule has 1 atom stereocenters. The summed E-state index contributed by atoms with van der Waals surface area (Å²) in [6, 6.07) is 19.6. The van der Waals surface area contributed by atoms with Crippen LogP contribution in [0, 0.1) is 0 Å². The highest BCUT2D eigenvalue weighted by Crippen LogP contribution is 2.40. The molecule has 0 aliphatic carbocycles. The van der Waals surface area contributed by atoms with Gasteiger partial charge in [0, 0.05) is 25.4 Å². The maximum absolute atomic E-state index is 13.6. The molecule has 1 N–H and O–H groups in total. The van der Waals surface area contributed by atoms with Gasteiger partial charge in [-0.1, -0.05) is 60.7 Å². The van der Waals surface area contributed by atoms with Crippen LogP contribution in [0.1, 0.15) is 68.9 Å². The number of carbonyl (C=O) groups excluding carboxylic acids is 3. The minimum Gasteiger partial charge on any atom is -0.335 e. The van der Waals surface area contributed by atoms with Gasteiger partial charge in [-0.2, -0.15) is 0 Å². The van der Waals surface area contributed by atoms with Crippen molar-refractivity contribution in [3.05, 3.63) is 71.8 Å². The average Bonchev–Trinajstić information content (AvgIpc) is 2.91. The Labute approximate surface area is 219 Å². The van der Waals surface area contributed by atoms with Gasteiger partial charge >= 0.3 is 6.03 Å². The van der Waals surface area contributed by atoms with Crippen LogP contribution in [-0.2, 0) is 32.3 Å². The molecule has 4 rings (SSSR count). The number of piperidine rings is 1. The van der Waals surface area contributed by atoms with Crippen LogP contribution in [0.5, 0.6) is 0 Å². The number of hydrogen-bond donors (Lipinski definition) is 1. The fourth-order valence-electron chi connectivity index (χ4n) is 5.60. The topological polar surface area (TPSA) is 101 Å². The highest BCUT2D eigenvalue weighted by Gasteiger charge is 2.62. The standard InChI is InChI=1S/C29H36N2O5S/c32-26-19-20-27(33)37(35,36)29(26)21-7-8-22-31(29)28(34)30-25(17-9-15-23-11-3-1-4-12-23)18-10-16-24-13-5-2-6-14-24/h1-6,11-14,25H,7-10,15-22H2,(H,30,34)/t29-/m0/s1. The number of carbonyl (C=O) groups is 3. The molecule has 2 aromatic rings. The summed E-state index contributed by atoms with van der Waals surface area (Å²) in [7, 11) is -4.43. The molecule has 2 heterocycles. The number of nitrogens with zero attached hydrogens (tertiary/aromatic N) is 1. The van der Waals surface area contributed by atoms with E-state index < -0.39 is 31.6 Å². The quantitative estimate of drug-likeness (QED) is 0.517. The van der Waals surface area contributed by atoms with Crippen molar-refractivity contribution < 1.29 is 22.8 Å². The first kappa shape index (κ1) is 27.0. The first-order chi connectivity index (χ1) is 17.8. The molecule has 0 saturated carbocycles. The van der Waals surface area contributed by atoms with E-state index >= 15 is 0 Å². The minimum absolute atomic E-state index is 0.0139. The van der Waals surface area contributed by atoms with Crippen LogP contribution in [0.3, 0.4) is 0 Å². The first-order valence-corrected chi connectivity index (χ1v) is 14.8. The number of sulfone groups is 1. The fraction of sp³-hybridized carbons (Fsp3) is 0.483. The zero-order chi connectivity index (χ0) is 26.3. The molecule has 2 saturated heterocycles.